The molecule has 0 aliphatic carbocycles. The molecule has 0 saturated carbocycles. The van der Waals surface area contributed by atoms with Gasteiger partial charge in [0.05, 0.1) is 6.10 Å². The van der Waals surface area contributed by atoms with Gasteiger partial charge >= 0.3 is 0 Å². The van der Waals surface area contributed by atoms with Gasteiger partial charge in [0.2, 0.25) is 0 Å². The van der Waals surface area contributed by atoms with Crippen LogP contribution in [0.5, 0.6) is 0 Å². The third-order valence-corrected chi connectivity index (χ3v) is 4.72. The number of carbonyl (C=O) groups excluding carboxylic acids is 1. The summed E-state index contributed by atoms with van der Waals surface area (Å²) >= 11 is 0. The number of carbonyl (C=O) groups is 1. The van der Waals surface area contributed by atoms with Crippen molar-refractivity contribution in [2.24, 2.45) is 0 Å². The lowest BCUT2D eigenvalue weighted by Crippen LogP contribution is -2.28. The fourth-order valence-corrected chi connectivity index (χ4v) is 3.28. The zero-order valence-corrected chi connectivity index (χ0v) is 14.0. The summed E-state index contributed by atoms with van der Waals surface area (Å²) in [5.41, 5.74) is 3.94. The van der Waals surface area contributed by atoms with Crippen LogP contribution >= 0.6 is 0 Å². The molecular weight excluding hydrogens is 316 g/mol. The molecule has 1 aliphatic heterocycles. The number of aliphatic hydroxyl groups is 1. The number of amides is 1. The van der Waals surface area contributed by atoms with E-state index in [-0.39, 0.29) is 18.2 Å². The fraction of sp³-hybridized carbons (Fsp3) is 0.250. The second kappa shape index (κ2) is 6.26. The minimum absolute atomic E-state index is 0.143. The highest BCUT2D eigenvalue weighted by molar-refractivity contribution is 5.96. The standard InChI is InChI=1S/C20H20N2O3/c1-22-9-8-13-10-14(6-7-16(13)22)17(23)12-21-20(24)19-11-15-4-2-3-5-18(15)25-19/h2-7,10-11,17,23H,8-9,12H2,1H3,(H,21,24). The molecule has 3 aromatic rings. The normalized spacial score (nSPS) is 14.6. The van der Waals surface area contributed by atoms with Gasteiger partial charge in [-0.2, -0.15) is 0 Å². The van der Waals surface area contributed by atoms with Crippen LogP contribution in [0.3, 0.4) is 0 Å². The quantitative estimate of drug-likeness (QED) is 0.769. The topological polar surface area (TPSA) is 65.7 Å². The summed E-state index contributed by atoms with van der Waals surface area (Å²) in [6.45, 7) is 1.14. The van der Waals surface area contributed by atoms with E-state index in [1.807, 2.05) is 42.5 Å². The van der Waals surface area contributed by atoms with Crippen molar-refractivity contribution in [2.45, 2.75) is 12.5 Å². The molecule has 0 radical (unpaired) electrons. The third kappa shape index (κ3) is 2.98. The Morgan fingerprint density at radius 1 is 1.28 bits per heavy atom. The van der Waals surface area contributed by atoms with Crippen molar-refractivity contribution in [3.05, 3.63) is 65.4 Å². The van der Waals surface area contributed by atoms with Gasteiger partial charge in [0.15, 0.2) is 5.76 Å². The average molecular weight is 336 g/mol. The number of hydrogen-bond acceptors (Lipinski definition) is 4. The molecule has 2 aromatic carbocycles. The lowest BCUT2D eigenvalue weighted by molar-refractivity contribution is 0.0891. The number of likely N-dealkylation sites (N-methyl/N-ethyl adjacent to an activating group) is 1. The molecule has 128 valence electrons. The van der Waals surface area contributed by atoms with Gasteiger partial charge in [0, 0.05) is 31.2 Å². The number of aliphatic hydroxyl groups excluding tert-OH is 1. The molecule has 2 N–H and O–H groups in total. The number of nitrogens with one attached hydrogen (secondary N) is 1. The number of fused-ring (bicyclic) bond motifs is 2. The summed E-state index contributed by atoms with van der Waals surface area (Å²) in [6, 6.07) is 15.2. The van der Waals surface area contributed by atoms with Crippen LogP contribution in [0.4, 0.5) is 5.69 Å². The van der Waals surface area contributed by atoms with Gasteiger partial charge in [-0.25, -0.2) is 0 Å². The summed E-state index contributed by atoms with van der Waals surface area (Å²) in [4.78, 5) is 14.5. The van der Waals surface area contributed by atoms with Gasteiger partial charge in [-0.15, -0.1) is 0 Å². The van der Waals surface area contributed by atoms with Crippen molar-refractivity contribution < 1.29 is 14.3 Å². The number of rotatable bonds is 4. The van der Waals surface area contributed by atoms with Crippen LogP contribution in [0.1, 0.15) is 27.8 Å². The first-order valence-electron chi connectivity index (χ1n) is 8.40. The molecule has 0 saturated heterocycles. The maximum absolute atomic E-state index is 12.3. The molecule has 1 atom stereocenters. The molecule has 1 unspecified atom stereocenters. The third-order valence-electron chi connectivity index (χ3n) is 4.72. The summed E-state index contributed by atoms with van der Waals surface area (Å²) in [5, 5.41) is 14.0. The molecule has 0 bridgehead atoms. The van der Waals surface area contributed by atoms with E-state index in [1.165, 1.54) is 11.3 Å². The highest BCUT2D eigenvalue weighted by atomic mass is 16.3. The molecule has 0 fully saturated rings. The number of hydrogen-bond donors (Lipinski definition) is 2. The lowest BCUT2D eigenvalue weighted by atomic mass is 10.0. The first-order chi connectivity index (χ1) is 12.1. The molecule has 5 nitrogen and oxygen atoms in total. The second-order valence-corrected chi connectivity index (χ2v) is 6.43. The summed E-state index contributed by atoms with van der Waals surface area (Å²) in [5.74, 6) is -0.0693. The minimum atomic E-state index is -0.746. The van der Waals surface area contributed by atoms with E-state index in [4.69, 9.17) is 4.42 Å². The van der Waals surface area contributed by atoms with Crippen LogP contribution in [0.25, 0.3) is 11.0 Å². The van der Waals surface area contributed by atoms with Crippen LogP contribution in [0.15, 0.2) is 52.9 Å². The van der Waals surface area contributed by atoms with E-state index in [2.05, 4.69) is 17.3 Å². The molecule has 2 heterocycles. The van der Waals surface area contributed by atoms with Crippen LogP contribution < -0.4 is 10.2 Å². The van der Waals surface area contributed by atoms with E-state index in [0.29, 0.717) is 5.58 Å². The van der Waals surface area contributed by atoms with Crippen molar-refractivity contribution in [2.75, 3.05) is 25.0 Å². The Labute approximate surface area is 145 Å². The van der Waals surface area contributed by atoms with Crippen LogP contribution in [-0.2, 0) is 6.42 Å². The van der Waals surface area contributed by atoms with Crippen molar-refractivity contribution in [3.63, 3.8) is 0 Å². The Morgan fingerprint density at radius 2 is 2.12 bits per heavy atom. The molecular formula is C20H20N2O3. The Hall–Kier alpha value is -2.79. The van der Waals surface area contributed by atoms with E-state index in [0.717, 1.165) is 23.9 Å². The zero-order chi connectivity index (χ0) is 17.4. The molecule has 1 aliphatic rings. The van der Waals surface area contributed by atoms with Crippen molar-refractivity contribution in [1.29, 1.82) is 0 Å². The number of anilines is 1. The zero-order valence-electron chi connectivity index (χ0n) is 14.0. The first-order valence-corrected chi connectivity index (χ1v) is 8.40. The van der Waals surface area contributed by atoms with Gasteiger partial charge < -0.3 is 19.7 Å². The van der Waals surface area contributed by atoms with Crippen LogP contribution in [-0.4, -0.2) is 31.2 Å². The highest BCUT2D eigenvalue weighted by Crippen LogP contribution is 2.29. The lowest BCUT2D eigenvalue weighted by Gasteiger charge is -2.15. The van der Waals surface area contributed by atoms with E-state index < -0.39 is 6.10 Å². The van der Waals surface area contributed by atoms with E-state index in [1.54, 1.807) is 6.07 Å². The molecule has 25 heavy (non-hydrogen) atoms. The smallest absolute Gasteiger partial charge is 0.287 e. The van der Waals surface area contributed by atoms with Crippen molar-refractivity contribution in [3.8, 4) is 0 Å². The average Bonchev–Trinajstić information content (AvgIpc) is 3.23. The molecule has 0 spiro atoms. The monoisotopic (exact) mass is 336 g/mol. The molecule has 1 amide bonds. The second-order valence-electron chi connectivity index (χ2n) is 6.43. The Kier molecular flexibility index (Phi) is 3.93. The first kappa shape index (κ1) is 15.7. The van der Waals surface area contributed by atoms with E-state index in [9.17, 15) is 9.90 Å². The Bertz CT molecular complexity index is 899. The van der Waals surface area contributed by atoms with Gasteiger partial charge in [0.1, 0.15) is 5.58 Å². The van der Waals surface area contributed by atoms with Crippen LogP contribution in [0.2, 0.25) is 0 Å². The fourth-order valence-electron chi connectivity index (χ4n) is 3.28. The number of para-hydroxylation sites is 1. The maximum Gasteiger partial charge on any atom is 0.287 e. The Balaban J connectivity index is 1.43. The number of nitrogens with zero attached hydrogens (tertiary/aromatic N) is 1. The maximum atomic E-state index is 12.3. The van der Waals surface area contributed by atoms with Gasteiger partial charge in [-0.05, 0) is 35.7 Å². The van der Waals surface area contributed by atoms with Crippen LogP contribution in [0, 0.1) is 0 Å². The molecule has 1 aromatic heterocycles. The van der Waals surface area contributed by atoms with Gasteiger partial charge in [0.25, 0.3) is 5.91 Å². The highest BCUT2D eigenvalue weighted by Gasteiger charge is 2.19. The van der Waals surface area contributed by atoms with Gasteiger partial charge in [-0.3, -0.25) is 4.79 Å². The Morgan fingerprint density at radius 3 is 2.96 bits per heavy atom. The summed E-state index contributed by atoms with van der Waals surface area (Å²) in [6.07, 6.45) is 0.238. The van der Waals surface area contributed by atoms with Crippen molar-refractivity contribution in [1.82, 2.24) is 5.32 Å². The largest absolute Gasteiger partial charge is 0.451 e. The summed E-state index contributed by atoms with van der Waals surface area (Å²) < 4.78 is 5.54. The predicted octanol–water partition coefficient (Wildman–Crippen LogP) is 2.89. The van der Waals surface area contributed by atoms with E-state index >= 15 is 0 Å². The number of furan rings is 1. The molecule has 4 rings (SSSR count). The van der Waals surface area contributed by atoms with Gasteiger partial charge in [-0.1, -0.05) is 30.3 Å². The molecule has 5 heteroatoms. The summed E-state index contributed by atoms with van der Waals surface area (Å²) in [7, 11) is 2.06. The number of benzene rings is 2. The van der Waals surface area contributed by atoms with Crippen molar-refractivity contribution >= 4 is 22.6 Å². The minimum Gasteiger partial charge on any atom is -0.451 e. The SMILES string of the molecule is CN1CCc2cc(C(O)CNC(=O)c3cc4ccccc4o3)ccc21. The predicted molar refractivity (Wildman–Crippen MR) is 96.9 cm³/mol.